The third kappa shape index (κ3) is 5.31. The minimum absolute atomic E-state index is 0.388. The van der Waals surface area contributed by atoms with E-state index in [4.69, 9.17) is 21.1 Å². The van der Waals surface area contributed by atoms with Gasteiger partial charge in [-0.3, -0.25) is 0 Å². The molecule has 0 radical (unpaired) electrons. The molecule has 1 heterocycles. The summed E-state index contributed by atoms with van der Waals surface area (Å²) in [6.07, 6.45) is 3.07. The van der Waals surface area contributed by atoms with Crippen LogP contribution in [-0.2, 0) is 4.74 Å². The van der Waals surface area contributed by atoms with Crippen LogP contribution in [0.5, 0.6) is 5.75 Å². The van der Waals surface area contributed by atoms with Crippen LogP contribution in [0.15, 0.2) is 24.3 Å². The Morgan fingerprint density at radius 2 is 1.80 bits per heavy atom. The zero-order valence-electron chi connectivity index (χ0n) is 12.4. The van der Waals surface area contributed by atoms with E-state index < -0.39 is 0 Å². The summed E-state index contributed by atoms with van der Waals surface area (Å²) in [5.41, 5.74) is 0. The second-order valence-corrected chi connectivity index (χ2v) is 6.11. The maximum Gasteiger partial charge on any atom is 0.119 e. The number of morpholine rings is 1. The average molecular weight is 299 g/mol. The van der Waals surface area contributed by atoms with Gasteiger partial charge in [0.2, 0.25) is 0 Å². The van der Waals surface area contributed by atoms with Gasteiger partial charge in [-0.2, -0.15) is 0 Å². The molecule has 112 valence electrons. The Balaban J connectivity index is 1.58. The SMILES string of the molecule is C[C@@H]1C[NH+](CCCCOc2ccc(Cl)cc2)C[C@H](C)O1. The van der Waals surface area contributed by atoms with Crippen molar-refractivity contribution in [3.8, 4) is 5.75 Å². The van der Waals surface area contributed by atoms with Crippen molar-refractivity contribution in [2.45, 2.75) is 38.9 Å². The van der Waals surface area contributed by atoms with Crippen molar-refractivity contribution in [3.05, 3.63) is 29.3 Å². The normalized spacial score (nSPS) is 26.4. The van der Waals surface area contributed by atoms with Crippen LogP contribution >= 0.6 is 11.6 Å². The molecule has 1 unspecified atom stereocenters. The molecule has 1 N–H and O–H groups in total. The minimum Gasteiger partial charge on any atom is -0.494 e. The molecule has 3 nitrogen and oxygen atoms in total. The zero-order chi connectivity index (χ0) is 14.4. The lowest BCUT2D eigenvalue weighted by atomic mass is 10.2. The summed E-state index contributed by atoms with van der Waals surface area (Å²) in [5, 5.41) is 0.747. The van der Waals surface area contributed by atoms with E-state index in [0.29, 0.717) is 12.2 Å². The highest BCUT2D eigenvalue weighted by Gasteiger charge is 2.24. The van der Waals surface area contributed by atoms with Crippen molar-refractivity contribution in [3.63, 3.8) is 0 Å². The second kappa shape index (κ2) is 7.87. The van der Waals surface area contributed by atoms with Gasteiger partial charge in [0.05, 0.1) is 13.2 Å². The molecular weight excluding hydrogens is 274 g/mol. The number of rotatable bonds is 6. The molecule has 0 saturated carbocycles. The number of ether oxygens (including phenoxy) is 2. The summed E-state index contributed by atoms with van der Waals surface area (Å²) in [7, 11) is 0. The van der Waals surface area contributed by atoms with Crippen LogP contribution in [-0.4, -0.2) is 38.4 Å². The van der Waals surface area contributed by atoms with Gasteiger partial charge in [0.1, 0.15) is 31.0 Å². The smallest absolute Gasteiger partial charge is 0.119 e. The lowest BCUT2D eigenvalue weighted by Gasteiger charge is -2.32. The van der Waals surface area contributed by atoms with Gasteiger partial charge < -0.3 is 14.4 Å². The van der Waals surface area contributed by atoms with Crippen LogP contribution in [0.4, 0.5) is 0 Å². The van der Waals surface area contributed by atoms with E-state index >= 15 is 0 Å². The van der Waals surface area contributed by atoms with Crippen molar-refractivity contribution >= 4 is 11.6 Å². The van der Waals surface area contributed by atoms with Gasteiger partial charge in [0.25, 0.3) is 0 Å². The predicted octanol–water partition coefficient (Wildman–Crippen LogP) is 2.19. The molecular formula is C16H25ClNO2+. The molecule has 0 aliphatic carbocycles. The first-order valence-electron chi connectivity index (χ1n) is 7.51. The van der Waals surface area contributed by atoms with Crippen molar-refractivity contribution in [2.24, 2.45) is 0 Å². The highest BCUT2D eigenvalue weighted by atomic mass is 35.5. The summed E-state index contributed by atoms with van der Waals surface area (Å²) < 4.78 is 11.5. The molecule has 3 atom stereocenters. The minimum atomic E-state index is 0.388. The number of nitrogens with one attached hydrogen (secondary N) is 1. The van der Waals surface area contributed by atoms with E-state index in [1.54, 1.807) is 4.90 Å². The van der Waals surface area contributed by atoms with E-state index in [1.807, 2.05) is 24.3 Å². The molecule has 2 rings (SSSR count). The van der Waals surface area contributed by atoms with Gasteiger partial charge in [-0.15, -0.1) is 0 Å². The summed E-state index contributed by atoms with van der Waals surface area (Å²) in [6.45, 7) is 8.57. The number of benzene rings is 1. The Kier molecular flexibility index (Phi) is 6.14. The van der Waals surface area contributed by atoms with Crippen LogP contribution in [0.2, 0.25) is 5.02 Å². The average Bonchev–Trinajstić information content (AvgIpc) is 2.39. The zero-order valence-corrected chi connectivity index (χ0v) is 13.2. The fourth-order valence-corrected chi connectivity index (χ4v) is 2.92. The highest BCUT2D eigenvalue weighted by Crippen LogP contribution is 2.15. The lowest BCUT2D eigenvalue weighted by molar-refractivity contribution is -0.915. The Morgan fingerprint density at radius 3 is 2.45 bits per heavy atom. The number of halogens is 1. The van der Waals surface area contributed by atoms with E-state index in [-0.39, 0.29) is 0 Å². The molecule has 1 saturated heterocycles. The highest BCUT2D eigenvalue weighted by molar-refractivity contribution is 6.30. The van der Waals surface area contributed by atoms with Crippen LogP contribution in [0.3, 0.4) is 0 Å². The van der Waals surface area contributed by atoms with Gasteiger partial charge in [-0.25, -0.2) is 0 Å². The first-order valence-corrected chi connectivity index (χ1v) is 7.88. The standard InChI is InChI=1S/C16H24ClNO2/c1-13-11-18(12-14(2)20-13)9-3-4-10-19-16-7-5-15(17)6-8-16/h5-8,13-14H,3-4,9-12H2,1-2H3/p+1/t13-,14+. The Hall–Kier alpha value is -0.770. The largest absolute Gasteiger partial charge is 0.494 e. The van der Waals surface area contributed by atoms with Crippen LogP contribution in [0.1, 0.15) is 26.7 Å². The molecule has 20 heavy (non-hydrogen) atoms. The molecule has 0 amide bonds. The van der Waals surface area contributed by atoms with Gasteiger partial charge in [-0.1, -0.05) is 11.6 Å². The van der Waals surface area contributed by atoms with Gasteiger partial charge in [0, 0.05) is 5.02 Å². The van der Waals surface area contributed by atoms with Gasteiger partial charge in [-0.05, 0) is 51.0 Å². The summed E-state index contributed by atoms with van der Waals surface area (Å²) >= 11 is 5.84. The van der Waals surface area contributed by atoms with E-state index in [1.165, 1.54) is 13.0 Å². The first kappa shape index (κ1) is 15.6. The molecule has 0 aromatic heterocycles. The van der Waals surface area contributed by atoms with Gasteiger partial charge in [0.15, 0.2) is 0 Å². The topological polar surface area (TPSA) is 22.9 Å². The molecule has 1 aliphatic heterocycles. The van der Waals surface area contributed by atoms with E-state index in [9.17, 15) is 0 Å². The van der Waals surface area contributed by atoms with Crippen LogP contribution in [0.25, 0.3) is 0 Å². The fourth-order valence-electron chi connectivity index (χ4n) is 2.79. The third-order valence-electron chi connectivity index (χ3n) is 3.62. The first-order chi connectivity index (χ1) is 9.63. The van der Waals surface area contributed by atoms with Crippen LogP contribution in [0, 0.1) is 0 Å². The summed E-state index contributed by atoms with van der Waals surface area (Å²) in [6, 6.07) is 7.55. The molecule has 1 aromatic rings. The van der Waals surface area contributed by atoms with Crippen molar-refractivity contribution in [1.29, 1.82) is 0 Å². The van der Waals surface area contributed by atoms with Crippen molar-refractivity contribution in [1.82, 2.24) is 0 Å². The Bertz CT molecular complexity index is 386. The third-order valence-corrected chi connectivity index (χ3v) is 3.88. The number of unbranched alkanes of at least 4 members (excludes halogenated alkanes) is 1. The molecule has 0 bridgehead atoms. The predicted molar refractivity (Wildman–Crippen MR) is 81.8 cm³/mol. The molecule has 1 aromatic carbocycles. The molecule has 1 aliphatic rings. The second-order valence-electron chi connectivity index (χ2n) is 5.68. The maximum atomic E-state index is 5.84. The molecule has 0 spiro atoms. The van der Waals surface area contributed by atoms with E-state index in [2.05, 4.69) is 13.8 Å². The van der Waals surface area contributed by atoms with Crippen molar-refractivity contribution in [2.75, 3.05) is 26.2 Å². The molecule has 1 fully saturated rings. The molecule has 4 heteroatoms. The fraction of sp³-hybridized carbons (Fsp3) is 0.625. The monoisotopic (exact) mass is 298 g/mol. The number of quaternary nitrogens is 1. The van der Waals surface area contributed by atoms with Crippen molar-refractivity contribution < 1.29 is 14.4 Å². The maximum absolute atomic E-state index is 5.84. The quantitative estimate of drug-likeness (QED) is 0.814. The van der Waals surface area contributed by atoms with Crippen LogP contribution < -0.4 is 9.64 Å². The summed E-state index contributed by atoms with van der Waals surface area (Å²) in [5.74, 6) is 0.898. The number of hydrogen-bond donors (Lipinski definition) is 1. The van der Waals surface area contributed by atoms with E-state index in [0.717, 1.165) is 36.9 Å². The lowest BCUT2D eigenvalue weighted by Crippen LogP contribution is -3.15. The van der Waals surface area contributed by atoms with Gasteiger partial charge >= 0.3 is 0 Å². The number of hydrogen-bond acceptors (Lipinski definition) is 2. The summed E-state index contributed by atoms with van der Waals surface area (Å²) in [4.78, 5) is 1.66. The Labute approximate surface area is 126 Å². The Morgan fingerprint density at radius 1 is 1.15 bits per heavy atom.